The predicted octanol–water partition coefficient (Wildman–Crippen LogP) is 5.17. The third kappa shape index (κ3) is 3.61. The molecule has 2 fully saturated rings. The van der Waals surface area contributed by atoms with Crippen LogP contribution in [0.15, 0.2) is 54.7 Å². The van der Waals surface area contributed by atoms with Crippen molar-refractivity contribution in [3.8, 4) is 16.9 Å². The highest BCUT2D eigenvalue weighted by Crippen LogP contribution is 2.37. The summed E-state index contributed by atoms with van der Waals surface area (Å²) in [5.74, 6) is 1.20. The van der Waals surface area contributed by atoms with Gasteiger partial charge >= 0.3 is 0 Å². The number of nitrogens with zero attached hydrogens (tertiary/aromatic N) is 2. The molecule has 0 saturated carbocycles. The lowest BCUT2D eigenvalue weighted by Crippen LogP contribution is -2.47. The zero-order valence-electron chi connectivity index (χ0n) is 17.7. The highest BCUT2D eigenvalue weighted by molar-refractivity contribution is 5.88. The Morgan fingerprint density at radius 2 is 1.80 bits per heavy atom. The van der Waals surface area contributed by atoms with E-state index >= 15 is 0 Å². The Hall–Kier alpha value is -2.72. The molecule has 5 rings (SSSR count). The fourth-order valence-corrected chi connectivity index (χ4v) is 5.35. The molecule has 4 nitrogen and oxygen atoms in total. The lowest BCUT2D eigenvalue weighted by Gasteiger charge is -2.38. The first-order valence-electron chi connectivity index (χ1n) is 10.9. The topological polar surface area (TPSA) is 42.4 Å². The van der Waals surface area contributed by atoms with Gasteiger partial charge in [-0.15, -0.1) is 0 Å². The van der Waals surface area contributed by atoms with Gasteiger partial charge in [0, 0.05) is 23.7 Å². The number of Topliss-reactive ketones (excluding diaryl/α,β-unsaturated/α-hetero) is 1. The molecule has 1 aromatic heterocycles. The molecule has 0 N–H and O–H groups in total. The number of hydrogen-bond acceptors (Lipinski definition) is 4. The van der Waals surface area contributed by atoms with Crippen LogP contribution in [0.3, 0.4) is 0 Å². The van der Waals surface area contributed by atoms with E-state index in [-0.39, 0.29) is 11.9 Å². The number of ether oxygens (including phenoxy) is 1. The molecule has 3 heterocycles. The van der Waals surface area contributed by atoms with E-state index in [9.17, 15) is 4.79 Å². The van der Waals surface area contributed by atoms with Crippen molar-refractivity contribution in [2.24, 2.45) is 0 Å². The van der Waals surface area contributed by atoms with Crippen LogP contribution in [0.4, 0.5) is 0 Å². The van der Waals surface area contributed by atoms with E-state index in [1.165, 1.54) is 34.9 Å². The molecule has 3 aromatic rings. The van der Waals surface area contributed by atoms with Gasteiger partial charge in [-0.25, -0.2) is 0 Å². The van der Waals surface area contributed by atoms with Gasteiger partial charge in [0.1, 0.15) is 17.6 Å². The first kappa shape index (κ1) is 19.3. The SMILES string of the molecule is CC(=O)CN1[C@@H]2CC[C@H]1CC(Oc1ccc(-c3ccc4cccnc4c3C)cc1)C2. The molecule has 0 amide bonds. The summed E-state index contributed by atoms with van der Waals surface area (Å²) in [6.45, 7) is 4.42. The normalized spacial score (nSPS) is 23.6. The summed E-state index contributed by atoms with van der Waals surface area (Å²) in [4.78, 5) is 18.5. The molecule has 0 radical (unpaired) electrons. The van der Waals surface area contributed by atoms with Gasteiger partial charge in [0.05, 0.1) is 12.1 Å². The number of aromatic nitrogens is 1. The minimum Gasteiger partial charge on any atom is -0.490 e. The second-order valence-electron chi connectivity index (χ2n) is 8.81. The Kier molecular flexibility index (Phi) is 5.03. The van der Waals surface area contributed by atoms with Gasteiger partial charge in [-0.05, 0) is 74.4 Å². The molecule has 1 unspecified atom stereocenters. The van der Waals surface area contributed by atoms with E-state index in [1.807, 2.05) is 12.3 Å². The molecular formula is C26H28N2O2. The van der Waals surface area contributed by atoms with Gasteiger partial charge in [0.15, 0.2) is 0 Å². The molecule has 3 atom stereocenters. The number of piperidine rings is 1. The zero-order valence-corrected chi connectivity index (χ0v) is 17.7. The summed E-state index contributed by atoms with van der Waals surface area (Å²) in [5, 5.41) is 1.17. The Morgan fingerprint density at radius 1 is 1.07 bits per heavy atom. The molecular weight excluding hydrogens is 372 g/mol. The number of carbonyl (C=O) groups excluding carboxylic acids is 1. The lowest BCUT2D eigenvalue weighted by molar-refractivity contribution is -0.119. The average Bonchev–Trinajstić information content (AvgIpc) is 2.96. The van der Waals surface area contributed by atoms with Crippen molar-refractivity contribution in [1.82, 2.24) is 9.88 Å². The van der Waals surface area contributed by atoms with Gasteiger partial charge in [-0.3, -0.25) is 14.7 Å². The van der Waals surface area contributed by atoms with Crippen LogP contribution in [0.2, 0.25) is 0 Å². The summed E-state index contributed by atoms with van der Waals surface area (Å²) in [5.41, 5.74) is 4.66. The molecule has 4 heteroatoms. The molecule has 30 heavy (non-hydrogen) atoms. The van der Waals surface area contributed by atoms with Crippen LogP contribution in [0.1, 0.15) is 38.2 Å². The number of hydrogen-bond donors (Lipinski definition) is 0. The number of benzene rings is 2. The fourth-order valence-electron chi connectivity index (χ4n) is 5.35. The van der Waals surface area contributed by atoms with Gasteiger partial charge in [-0.1, -0.05) is 30.3 Å². The van der Waals surface area contributed by atoms with Gasteiger partial charge in [0.25, 0.3) is 0 Å². The predicted molar refractivity (Wildman–Crippen MR) is 120 cm³/mol. The van der Waals surface area contributed by atoms with Crippen LogP contribution in [0, 0.1) is 6.92 Å². The number of carbonyl (C=O) groups is 1. The number of rotatable bonds is 5. The third-order valence-corrected chi connectivity index (χ3v) is 6.74. The zero-order chi connectivity index (χ0) is 20.7. The Morgan fingerprint density at radius 3 is 2.50 bits per heavy atom. The minimum absolute atomic E-state index is 0.239. The highest BCUT2D eigenvalue weighted by atomic mass is 16.5. The van der Waals surface area contributed by atoms with Crippen LogP contribution in [-0.4, -0.2) is 40.4 Å². The summed E-state index contributed by atoms with van der Waals surface area (Å²) in [7, 11) is 0. The summed E-state index contributed by atoms with van der Waals surface area (Å²) >= 11 is 0. The monoisotopic (exact) mass is 400 g/mol. The van der Waals surface area contributed by atoms with Gasteiger partial charge < -0.3 is 4.74 Å². The quantitative estimate of drug-likeness (QED) is 0.592. The van der Waals surface area contributed by atoms with E-state index < -0.39 is 0 Å². The van der Waals surface area contributed by atoms with E-state index in [0.29, 0.717) is 18.6 Å². The summed E-state index contributed by atoms with van der Waals surface area (Å²) in [6, 6.07) is 17.8. The van der Waals surface area contributed by atoms with Crippen molar-refractivity contribution in [3.63, 3.8) is 0 Å². The Labute approximate surface area is 177 Å². The first-order chi connectivity index (χ1) is 14.6. The van der Waals surface area contributed by atoms with Crippen LogP contribution in [-0.2, 0) is 4.79 Å². The third-order valence-electron chi connectivity index (χ3n) is 6.74. The summed E-state index contributed by atoms with van der Waals surface area (Å²) in [6.07, 6.45) is 6.49. The van der Waals surface area contributed by atoms with Crippen LogP contribution >= 0.6 is 0 Å². The number of aryl methyl sites for hydroxylation is 1. The van der Waals surface area contributed by atoms with Crippen molar-refractivity contribution < 1.29 is 9.53 Å². The highest BCUT2D eigenvalue weighted by Gasteiger charge is 2.41. The van der Waals surface area contributed by atoms with Crippen molar-refractivity contribution in [2.45, 2.75) is 57.7 Å². The van der Waals surface area contributed by atoms with E-state index in [0.717, 1.165) is 24.1 Å². The molecule has 154 valence electrons. The molecule has 2 aromatic carbocycles. The second kappa shape index (κ2) is 7.84. The smallest absolute Gasteiger partial charge is 0.143 e. The van der Waals surface area contributed by atoms with Crippen molar-refractivity contribution >= 4 is 16.7 Å². The van der Waals surface area contributed by atoms with E-state index in [2.05, 4.69) is 59.3 Å². The lowest BCUT2D eigenvalue weighted by atomic mass is 9.97. The van der Waals surface area contributed by atoms with Crippen molar-refractivity contribution in [1.29, 1.82) is 0 Å². The number of pyridine rings is 1. The molecule has 0 spiro atoms. The summed E-state index contributed by atoms with van der Waals surface area (Å²) < 4.78 is 6.36. The molecule has 2 aliphatic heterocycles. The molecule has 2 saturated heterocycles. The molecule has 2 bridgehead atoms. The van der Waals surface area contributed by atoms with E-state index in [4.69, 9.17) is 4.74 Å². The fraction of sp³-hybridized carbons (Fsp3) is 0.385. The second-order valence-corrected chi connectivity index (χ2v) is 8.81. The molecule has 2 aliphatic rings. The first-order valence-corrected chi connectivity index (χ1v) is 10.9. The largest absolute Gasteiger partial charge is 0.490 e. The van der Waals surface area contributed by atoms with Crippen LogP contribution < -0.4 is 4.74 Å². The molecule has 0 aliphatic carbocycles. The standard InChI is InChI=1S/C26H28N2O2/c1-17(29)16-28-21-8-9-22(28)15-24(14-21)30-23-10-5-19(6-11-23)25-12-7-20-4-3-13-27-26(20)18(25)2/h3-7,10-13,21-22,24H,8-9,14-16H2,1-2H3/t21-,22+,24?. The number of ketones is 1. The van der Waals surface area contributed by atoms with Crippen LogP contribution in [0.25, 0.3) is 22.0 Å². The average molecular weight is 401 g/mol. The Balaban J connectivity index is 1.30. The minimum atomic E-state index is 0.239. The maximum Gasteiger partial charge on any atom is 0.143 e. The maximum absolute atomic E-state index is 11.6. The van der Waals surface area contributed by atoms with Gasteiger partial charge in [0.2, 0.25) is 0 Å². The maximum atomic E-state index is 11.6. The van der Waals surface area contributed by atoms with Crippen molar-refractivity contribution in [2.75, 3.05) is 6.54 Å². The van der Waals surface area contributed by atoms with Crippen LogP contribution in [0.5, 0.6) is 5.75 Å². The van der Waals surface area contributed by atoms with Crippen molar-refractivity contribution in [3.05, 3.63) is 60.3 Å². The van der Waals surface area contributed by atoms with E-state index in [1.54, 1.807) is 6.92 Å². The Bertz CT molecular complexity index is 1060. The van der Waals surface area contributed by atoms with Gasteiger partial charge in [-0.2, -0.15) is 0 Å². The number of fused-ring (bicyclic) bond motifs is 3.